The molecule has 33 heavy (non-hydrogen) atoms. The molecule has 1 aliphatic carbocycles. The predicted molar refractivity (Wildman–Crippen MR) is 130 cm³/mol. The molecule has 2 atom stereocenters. The topological polar surface area (TPSA) is 65.5 Å². The zero-order valence-electron chi connectivity index (χ0n) is 18.0. The summed E-state index contributed by atoms with van der Waals surface area (Å²) in [5.41, 5.74) is 4.81. The number of hydrogen-bond donors (Lipinski definition) is 1. The van der Waals surface area contributed by atoms with Gasteiger partial charge >= 0.3 is 0 Å². The molecule has 0 radical (unpaired) electrons. The van der Waals surface area contributed by atoms with Crippen LogP contribution in [0.25, 0.3) is 0 Å². The largest absolute Gasteiger partial charge is 0.369 e. The fourth-order valence-electron chi connectivity index (χ4n) is 4.93. The molecule has 10 heteroatoms. The number of hydrogen-bond acceptors (Lipinski definition) is 6. The van der Waals surface area contributed by atoms with Crippen molar-refractivity contribution in [3.05, 3.63) is 69.3 Å². The molecule has 2 heterocycles. The molecule has 174 valence electrons. The van der Waals surface area contributed by atoms with E-state index in [1.165, 1.54) is 45.5 Å². The molecule has 5 rings (SSSR count). The first-order valence-electron chi connectivity index (χ1n) is 10.8. The van der Waals surface area contributed by atoms with E-state index in [4.69, 9.17) is 11.6 Å². The number of thiazole rings is 1. The van der Waals surface area contributed by atoms with Crippen LogP contribution in [0.4, 0.5) is 15.9 Å². The van der Waals surface area contributed by atoms with Crippen molar-refractivity contribution in [1.29, 1.82) is 0 Å². The van der Waals surface area contributed by atoms with Crippen LogP contribution in [0.2, 0.25) is 5.02 Å². The van der Waals surface area contributed by atoms with E-state index in [9.17, 15) is 12.8 Å². The molecular formula is C23H24ClFN4O2S2. The van der Waals surface area contributed by atoms with Crippen molar-refractivity contribution in [3.63, 3.8) is 0 Å². The lowest BCUT2D eigenvalue weighted by Crippen LogP contribution is -2.35. The van der Waals surface area contributed by atoms with E-state index in [0.29, 0.717) is 11.7 Å². The summed E-state index contributed by atoms with van der Waals surface area (Å²) < 4.78 is 42.5. The smallest absolute Gasteiger partial charge is 0.266 e. The van der Waals surface area contributed by atoms with Crippen molar-refractivity contribution in [2.75, 3.05) is 29.8 Å². The Morgan fingerprint density at radius 3 is 2.88 bits per heavy atom. The van der Waals surface area contributed by atoms with Crippen molar-refractivity contribution in [3.8, 4) is 0 Å². The molecule has 0 saturated carbocycles. The number of likely N-dealkylation sites (N-methyl/N-ethyl adjacent to an activating group) is 1. The van der Waals surface area contributed by atoms with Crippen LogP contribution in [0.15, 0.2) is 52.2 Å². The van der Waals surface area contributed by atoms with Crippen LogP contribution in [-0.4, -0.2) is 44.5 Å². The molecule has 1 aromatic heterocycles. The molecule has 1 unspecified atom stereocenters. The minimum Gasteiger partial charge on any atom is -0.369 e. The van der Waals surface area contributed by atoms with Crippen molar-refractivity contribution in [2.24, 2.45) is 0 Å². The van der Waals surface area contributed by atoms with Gasteiger partial charge in [-0.3, -0.25) is 9.62 Å². The lowest BCUT2D eigenvalue weighted by molar-refractivity contribution is 0.242. The molecule has 1 saturated heterocycles. The lowest BCUT2D eigenvalue weighted by Gasteiger charge is -2.30. The van der Waals surface area contributed by atoms with Gasteiger partial charge in [-0.1, -0.05) is 35.9 Å². The molecule has 3 aromatic rings. The van der Waals surface area contributed by atoms with E-state index < -0.39 is 20.7 Å². The quantitative estimate of drug-likeness (QED) is 0.513. The van der Waals surface area contributed by atoms with Crippen LogP contribution in [-0.2, 0) is 16.4 Å². The summed E-state index contributed by atoms with van der Waals surface area (Å²) in [5, 5.41) is 1.73. The number of likely N-dealkylation sites (tertiary alicyclic amines) is 1. The molecule has 2 aliphatic rings. The average molecular weight is 507 g/mol. The number of sulfonamides is 1. The molecule has 1 fully saturated rings. The molecule has 1 N–H and O–H groups in total. The molecule has 6 nitrogen and oxygen atoms in total. The standard InChI is InChI=1S/C23H24ClFN4O2S2/c1-28(16-8-9-29(12-16)20-7-6-15-4-2-3-5-17(15)20)21-11-19(25)22(10-18(21)24)33(30,31)27-23-13-32-14-26-23/h2-5,10-11,13-14,16,20,27H,6-9,12H2,1H3/t16?,20-/m0/s1. The van der Waals surface area contributed by atoms with Gasteiger partial charge in [-0.2, -0.15) is 0 Å². The van der Waals surface area contributed by atoms with Gasteiger partial charge in [-0.15, -0.1) is 11.3 Å². The van der Waals surface area contributed by atoms with Gasteiger partial charge in [-0.05, 0) is 36.5 Å². The number of aromatic nitrogens is 1. The molecule has 0 spiro atoms. The van der Waals surface area contributed by atoms with Crippen molar-refractivity contribution >= 4 is 44.5 Å². The minimum atomic E-state index is -4.14. The maximum Gasteiger partial charge on any atom is 0.266 e. The number of aryl methyl sites for hydroxylation is 1. The fourth-order valence-corrected chi connectivity index (χ4v) is 6.93. The summed E-state index contributed by atoms with van der Waals surface area (Å²) in [6.07, 6.45) is 3.14. The second-order valence-electron chi connectivity index (χ2n) is 8.51. The van der Waals surface area contributed by atoms with E-state index >= 15 is 0 Å². The number of nitrogens with zero attached hydrogens (tertiary/aromatic N) is 3. The third kappa shape index (κ3) is 4.35. The van der Waals surface area contributed by atoms with E-state index in [-0.39, 0.29) is 16.9 Å². The van der Waals surface area contributed by atoms with Gasteiger partial charge in [0.1, 0.15) is 10.7 Å². The van der Waals surface area contributed by atoms with E-state index in [1.807, 2.05) is 11.9 Å². The van der Waals surface area contributed by atoms with Gasteiger partial charge in [-0.25, -0.2) is 17.8 Å². The Balaban J connectivity index is 1.33. The fraction of sp³-hybridized carbons (Fsp3) is 0.348. The molecule has 0 bridgehead atoms. The van der Waals surface area contributed by atoms with Crippen LogP contribution in [0.5, 0.6) is 0 Å². The third-order valence-electron chi connectivity index (χ3n) is 6.63. The summed E-state index contributed by atoms with van der Waals surface area (Å²) in [5.74, 6) is -0.695. The van der Waals surface area contributed by atoms with E-state index in [0.717, 1.165) is 32.4 Å². The summed E-state index contributed by atoms with van der Waals surface area (Å²) in [4.78, 5) is 7.86. The maximum atomic E-state index is 15.0. The Kier molecular flexibility index (Phi) is 6.07. The zero-order valence-corrected chi connectivity index (χ0v) is 20.4. The summed E-state index contributed by atoms with van der Waals surface area (Å²) in [6, 6.07) is 11.6. The summed E-state index contributed by atoms with van der Waals surface area (Å²) in [7, 11) is -2.25. The molecule has 2 aromatic carbocycles. The predicted octanol–water partition coefficient (Wildman–Crippen LogP) is 4.93. The van der Waals surface area contributed by atoms with Crippen molar-refractivity contribution in [1.82, 2.24) is 9.88 Å². The van der Waals surface area contributed by atoms with Crippen LogP contribution in [0, 0.1) is 5.82 Å². The second-order valence-corrected chi connectivity index (χ2v) is 11.3. The van der Waals surface area contributed by atoms with Gasteiger partial charge in [0.25, 0.3) is 10.0 Å². The first-order valence-corrected chi connectivity index (χ1v) is 13.6. The average Bonchev–Trinajstić information content (AvgIpc) is 3.54. The Morgan fingerprint density at radius 1 is 1.27 bits per heavy atom. The highest BCUT2D eigenvalue weighted by Crippen LogP contribution is 2.39. The van der Waals surface area contributed by atoms with Gasteiger partial charge < -0.3 is 4.90 Å². The monoisotopic (exact) mass is 506 g/mol. The highest BCUT2D eigenvalue weighted by atomic mass is 35.5. The summed E-state index contributed by atoms with van der Waals surface area (Å²) >= 11 is 7.71. The molecular weight excluding hydrogens is 483 g/mol. The normalized spacial score (nSPS) is 20.7. The Morgan fingerprint density at radius 2 is 2.09 bits per heavy atom. The van der Waals surface area contributed by atoms with Crippen molar-refractivity contribution in [2.45, 2.75) is 36.2 Å². The first kappa shape index (κ1) is 22.6. The minimum absolute atomic E-state index is 0.149. The maximum absolute atomic E-state index is 15.0. The van der Waals surface area contributed by atoms with Crippen LogP contribution < -0.4 is 9.62 Å². The SMILES string of the molecule is CN(c1cc(F)c(S(=O)(=O)Nc2cscn2)cc1Cl)C1CCN([C@H]2CCc3ccccc32)C1. The van der Waals surface area contributed by atoms with Gasteiger partial charge in [0.2, 0.25) is 0 Å². The highest BCUT2D eigenvalue weighted by Gasteiger charge is 2.35. The lowest BCUT2D eigenvalue weighted by atomic mass is 10.1. The molecule has 1 aliphatic heterocycles. The Bertz CT molecular complexity index is 1270. The number of benzene rings is 2. The summed E-state index contributed by atoms with van der Waals surface area (Å²) in [6.45, 7) is 1.80. The van der Waals surface area contributed by atoms with E-state index in [2.05, 4.69) is 38.9 Å². The second kappa shape index (κ2) is 8.87. The van der Waals surface area contributed by atoms with Crippen LogP contribution in [0.1, 0.15) is 30.0 Å². The van der Waals surface area contributed by atoms with Gasteiger partial charge in [0, 0.05) is 43.7 Å². The zero-order chi connectivity index (χ0) is 23.2. The highest BCUT2D eigenvalue weighted by molar-refractivity contribution is 7.92. The van der Waals surface area contributed by atoms with Gasteiger partial charge in [0.15, 0.2) is 5.82 Å². The van der Waals surface area contributed by atoms with E-state index in [1.54, 1.807) is 0 Å². The molecule has 0 amide bonds. The number of rotatable bonds is 6. The third-order valence-corrected chi connectivity index (χ3v) is 8.89. The van der Waals surface area contributed by atoms with Crippen LogP contribution >= 0.6 is 22.9 Å². The van der Waals surface area contributed by atoms with Gasteiger partial charge in [0.05, 0.1) is 16.2 Å². The Hall–Kier alpha value is -2.20. The number of fused-ring (bicyclic) bond motifs is 1. The van der Waals surface area contributed by atoms with Crippen LogP contribution in [0.3, 0.4) is 0 Å². The number of halogens is 2. The number of anilines is 2. The Labute approximate surface area is 202 Å². The number of nitrogens with one attached hydrogen (secondary N) is 1. The first-order chi connectivity index (χ1) is 15.8. The van der Waals surface area contributed by atoms with Crippen molar-refractivity contribution < 1.29 is 12.8 Å².